The lowest BCUT2D eigenvalue weighted by Gasteiger charge is -2.31. The summed E-state index contributed by atoms with van der Waals surface area (Å²) in [6.45, 7) is 2.76. The minimum atomic E-state index is -1.07. The van der Waals surface area contributed by atoms with Crippen LogP contribution in [0.2, 0.25) is 5.02 Å². The summed E-state index contributed by atoms with van der Waals surface area (Å²) in [5.41, 5.74) is 3.25. The van der Waals surface area contributed by atoms with Crippen LogP contribution in [0.3, 0.4) is 0 Å². The van der Waals surface area contributed by atoms with Crippen LogP contribution in [0, 0.1) is 0 Å². The highest BCUT2D eigenvalue weighted by Gasteiger charge is 2.24. The van der Waals surface area contributed by atoms with E-state index >= 15 is 0 Å². The van der Waals surface area contributed by atoms with Gasteiger partial charge in [-0.1, -0.05) is 23.7 Å². The largest absolute Gasteiger partial charge is 0.477 e. The molecule has 12 heteroatoms. The number of hydrogen-bond donors (Lipinski definition) is 2. The fourth-order valence-electron chi connectivity index (χ4n) is 4.87. The van der Waals surface area contributed by atoms with Crippen molar-refractivity contribution < 1.29 is 14.6 Å². The molecule has 1 aliphatic rings. The normalized spacial score (nSPS) is 14.5. The molecule has 5 heterocycles. The van der Waals surface area contributed by atoms with Gasteiger partial charge in [0.1, 0.15) is 23.3 Å². The molecular formula is C28H27ClN8O3. The third-order valence-corrected chi connectivity index (χ3v) is 7.18. The number of nitrogens with zero attached hydrogens (tertiary/aromatic N) is 7. The number of halogens is 1. The number of benzene rings is 1. The highest BCUT2D eigenvalue weighted by Crippen LogP contribution is 2.22. The van der Waals surface area contributed by atoms with Crippen LogP contribution in [0.15, 0.2) is 61.1 Å². The Bertz CT molecular complexity index is 1610. The lowest BCUT2D eigenvalue weighted by molar-refractivity contribution is 0.0691. The van der Waals surface area contributed by atoms with Crippen molar-refractivity contribution in [1.82, 2.24) is 39.6 Å². The average Bonchev–Trinajstić information content (AvgIpc) is 3.59. The Morgan fingerprint density at radius 2 is 1.85 bits per heavy atom. The second-order valence-corrected chi connectivity index (χ2v) is 10.2. The van der Waals surface area contributed by atoms with Crippen LogP contribution in [-0.2, 0) is 19.5 Å². The van der Waals surface area contributed by atoms with Crippen LogP contribution in [0.25, 0.3) is 11.2 Å². The van der Waals surface area contributed by atoms with Crippen molar-refractivity contribution >= 4 is 28.7 Å². The van der Waals surface area contributed by atoms with E-state index in [-0.39, 0.29) is 11.8 Å². The SMILES string of the molecule is O=C(O)c1ccc2nc(CN3CCC(Oc4ccnc(Cc5ccc(Cl)cc5)n4)CC3)n(Cc3cn[nH]c3)c2n1. The molecule has 4 aromatic heterocycles. The van der Waals surface area contributed by atoms with Crippen molar-refractivity contribution in [2.45, 2.75) is 38.5 Å². The maximum Gasteiger partial charge on any atom is 0.354 e. The zero-order chi connectivity index (χ0) is 27.5. The first kappa shape index (κ1) is 25.9. The van der Waals surface area contributed by atoms with E-state index in [0.717, 1.165) is 42.9 Å². The summed E-state index contributed by atoms with van der Waals surface area (Å²) >= 11 is 5.99. The number of piperidine rings is 1. The average molecular weight is 559 g/mol. The third kappa shape index (κ3) is 5.95. The molecular weight excluding hydrogens is 532 g/mol. The van der Waals surface area contributed by atoms with Gasteiger partial charge in [-0.2, -0.15) is 10.1 Å². The van der Waals surface area contributed by atoms with Crippen LogP contribution >= 0.6 is 11.6 Å². The second kappa shape index (κ2) is 11.4. The summed E-state index contributed by atoms with van der Waals surface area (Å²) < 4.78 is 8.20. The molecule has 1 fully saturated rings. The van der Waals surface area contributed by atoms with E-state index in [0.29, 0.717) is 47.4 Å². The number of fused-ring (bicyclic) bond motifs is 1. The van der Waals surface area contributed by atoms with Gasteiger partial charge >= 0.3 is 5.97 Å². The van der Waals surface area contributed by atoms with E-state index in [1.807, 2.05) is 35.0 Å². The molecule has 1 aliphatic heterocycles. The molecule has 2 N–H and O–H groups in total. The van der Waals surface area contributed by atoms with E-state index in [1.165, 1.54) is 6.07 Å². The summed E-state index contributed by atoms with van der Waals surface area (Å²) in [5.74, 6) is 1.05. The summed E-state index contributed by atoms with van der Waals surface area (Å²) in [6.07, 6.45) is 7.65. The highest BCUT2D eigenvalue weighted by molar-refractivity contribution is 6.30. The Morgan fingerprint density at radius 3 is 2.60 bits per heavy atom. The number of likely N-dealkylation sites (tertiary alicyclic amines) is 1. The maximum atomic E-state index is 11.5. The number of pyridine rings is 1. The van der Waals surface area contributed by atoms with Gasteiger partial charge in [0, 0.05) is 48.6 Å². The third-order valence-electron chi connectivity index (χ3n) is 6.93. The number of rotatable bonds is 9. The van der Waals surface area contributed by atoms with Gasteiger partial charge in [-0.3, -0.25) is 10.00 Å². The molecule has 0 saturated carbocycles. The first-order chi connectivity index (χ1) is 19.5. The first-order valence-electron chi connectivity index (χ1n) is 13.0. The van der Waals surface area contributed by atoms with Crippen molar-refractivity contribution in [3.8, 4) is 5.88 Å². The van der Waals surface area contributed by atoms with Crippen LogP contribution in [0.5, 0.6) is 5.88 Å². The Morgan fingerprint density at radius 1 is 1.02 bits per heavy atom. The monoisotopic (exact) mass is 558 g/mol. The standard InChI is InChI=1S/C28H27ClN8O3/c29-20-3-1-18(2-4-20)13-24-30-10-7-26(35-24)40-21-8-11-36(12-9-21)17-25-33-22-5-6-23(28(38)39)34-27(22)37(25)16-19-14-31-32-15-19/h1-7,10,14-15,21H,8-9,11-13,16-17H2,(H,31,32)(H,38,39). The molecule has 0 spiro atoms. The van der Waals surface area contributed by atoms with Crippen LogP contribution < -0.4 is 4.74 Å². The molecule has 0 atom stereocenters. The molecule has 0 amide bonds. The minimum Gasteiger partial charge on any atom is -0.477 e. The van der Waals surface area contributed by atoms with Crippen LogP contribution in [0.1, 0.15) is 46.1 Å². The molecule has 5 aromatic rings. The molecule has 6 rings (SSSR count). The Kier molecular flexibility index (Phi) is 7.39. The fourth-order valence-corrected chi connectivity index (χ4v) is 5.00. The van der Waals surface area contributed by atoms with Crippen molar-refractivity contribution in [2.24, 2.45) is 0 Å². The Labute approximate surface area is 234 Å². The Hall–Kier alpha value is -4.35. The first-order valence-corrected chi connectivity index (χ1v) is 13.4. The molecule has 11 nitrogen and oxygen atoms in total. The van der Waals surface area contributed by atoms with E-state index in [4.69, 9.17) is 21.3 Å². The molecule has 1 saturated heterocycles. The summed E-state index contributed by atoms with van der Waals surface area (Å²) in [4.78, 5) is 32.0. The van der Waals surface area contributed by atoms with Crippen LogP contribution in [-0.4, -0.2) is 69.9 Å². The number of nitrogens with one attached hydrogen (secondary N) is 1. The molecule has 204 valence electrons. The predicted molar refractivity (Wildman–Crippen MR) is 147 cm³/mol. The topological polar surface area (TPSA) is 135 Å². The summed E-state index contributed by atoms with van der Waals surface area (Å²) in [5, 5.41) is 17.0. The van der Waals surface area contributed by atoms with Gasteiger partial charge in [0.15, 0.2) is 11.3 Å². The number of hydrogen-bond acceptors (Lipinski definition) is 8. The van der Waals surface area contributed by atoms with Gasteiger partial charge in [0.25, 0.3) is 0 Å². The summed E-state index contributed by atoms with van der Waals surface area (Å²) in [6, 6.07) is 12.7. The summed E-state index contributed by atoms with van der Waals surface area (Å²) in [7, 11) is 0. The lowest BCUT2D eigenvalue weighted by Crippen LogP contribution is -2.38. The molecule has 0 aliphatic carbocycles. The van der Waals surface area contributed by atoms with Gasteiger partial charge < -0.3 is 14.4 Å². The zero-order valence-corrected chi connectivity index (χ0v) is 22.3. The number of carbonyl (C=O) groups is 1. The molecule has 0 bridgehead atoms. The van der Waals surface area contributed by atoms with Gasteiger partial charge in [-0.25, -0.2) is 19.7 Å². The number of aromatic amines is 1. The zero-order valence-electron chi connectivity index (χ0n) is 21.6. The van der Waals surface area contributed by atoms with E-state index in [2.05, 4.69) is 30.0 Å². The molecule has 1 aromatic carbocycles. The lowest BCUT2D eigenvalue weighted by atomic mass is 10.1. The second-order valence-electron chi connectivity index (χ2n) is 9.77. The quantitative estimate of drug-likeness (QED) is 0.275. The smallest absolute Gasteiger partial charge is 0.354 e. The minimum absolute atomic E-state index is 0.00796. The molecule has 0 unspecified atom stereocenters. The van der Waals surface area contributed by atoms with Crippen molar-refractivity contribution in [3.05, 3.63) is 94.5 Å². The van der Waals surface area contributed by atoms with E-state index < -0.39 is 5.97 Å². The highest BCUT2D eigenvalue weighted by atomic mass is 35.5. The number of imidazole rings is 1. The number of H-pyrrole nitrogens is 1. The number of ether oxygens (including phenoxy) is 1. The number of carboxylic acids is 1. The van der Waals surface area contributed by atoms with Gasteiger partial charge in [0.2, 0.25) is 5.88 Å². The predicted octanol–water partition coefficient (Wildman–Crippen LogP) is 3.98. The number of aromatic nitrogens is 7. The van der Waals surface area contributed by atoms with E-state index in [1.54, 1.807) is 24.5 Å². The fraction of sp³-hybridized carbons (Fsp3) is 0.286. The van der Waals surface area contributed by atoms with Gasteiger partial charge in [-0.15, -0.1) is 0 Å². The number of aromatic carboxylic acids is 1. The van der Waals surface area contributed by atoms with Crippen molar-refractivity contribution in [2.75, 3.05) is 13.1 Å². The van der Waals surface area contributed by atoms with E-state index in [9.17, 15) is 9.90 Å². The molecule has 40 heavy (non-hydrogen) atoms. The van der Waals surface area contributed by atoms with Gasteiger partial charge in [-0.05, 0) is 42.7 Å². The van der Waals surface area contributed by atoms with Crippen molar-refractivity contribution in [3.63, 3.8) is 0 Å². The Balaban J connectivity index is 1.11. The maximum absolute atomic E-state index is 11.5. The van der Waals surface area contributed by atoms with Crippen LogP contribution in [0.4, 0.5) is 0 Å². The number of carboxylic acid groups (broad SMARTS) is 1. The van der Waals surface area contributed by atoms with Crippen molar-refractivity contribution in [1.29, 1.82) is 0 Å². The van der Waals surface area contributed by atoms with Gasteiger partial charge in [0.05, 0.1) is 19.3 Å². The molecule has 0 radical (unpaired) electrons.